The topological polar surface area (TPSA) is 93.4 Å². The Morgan fingerprint density at radius 1 is 1.27 bits per heavy atom. The van der Waals surface area contributed by atoms with Gasteiger partial charge in [0.25, 0.3) is 0 Å². The molecule has 2 fully saturated rings. The van der Waals surface area contributed by atoms with Crippen LogP contribution in [0.15, 0.2) is 36.7 Å². The molecule has 3 heterocycles. The molecule has 1 N–H and O–H groups in total. The first-order valence-corrected chi connectivity index (χ1v) is 9.03. The monoisotopic (exact) mass is 357 g/mol. The largest absolute Gasteiger partial charge is 0.393 e. The van der Waals surface area contributed by atoms with Crippen molar-refractivity contribution < 1.29 is 14.6 Å². The Labute approximate surface area is 151 Å². The van der Waals surface area contributed by atoms with E-state index in [1.807, 2.05) is 35.2 Å². The number of nitrogens with zero attached hydrogens (tertiary/aromatic N) is 5. The van der Waals surface area contributed by atoms with E-state index in [4.69, 9.17) is 4.74 Å². The molecule has 2 aliphatic rings. The number of tetrazole rings is 1. The van der Waals surface area contributed by atoms with Gasteiger partial charge in [-0.15, -0.1) is 5.10 Å². The molecule has 1 aromatic carbocycles. The molecule has 0 saturated carbocycles. The van der Waals surface area contributed by atoms with Crippen LogP contribution in [0.25, 0.3) is 0 Å². The normalized spacial score (nSPS) is 25.3. The van der Waals surface area contributed by atoms with Crippen molar-refractivity contribution in [2.75, 3.05) is 13.1 Å². The van der Waals surface area contributed by atoms with Crippen molar-refractivity contribution in [1.82, 2.24) is 25.1 Å². The van der Waals surface area contributed by atoms with Gasteiger partial charge in [-0.3, -0.25) is 4.79 Å². The van der Waals surface area contributed by atoms with Crippen LogP contribution >= 0.6 is 0 Å². The molecular weight excluding hydrogens is 334 g/mol. The predicted molar refractivity (Wildman–Crippen MR) is 91.9 cm³/mol. The van der Waals surface area contributed by atoms with Crippen molar-refractivity contribution in [2.45, 2.75) is 50.0 Å². The third-order valence-electron chi connectivity index (χ3n) is 5.37. The molecule has 4 rings (SSSR count). The summed E-state index contributed by atoms with van der Waals surface area (Å²) in [5, 5.41) is 21.3. The Hall–Kier alpha value is -2.32. The minimum Gasteiger partial charge on any atom is -0.393 e. The van der Waals surface area contributed by atoms with E-state index < -0.39 is 0 Å². The van der Waals surface area contributed by atoms with Gasteiger partial charge in [-0.05, 0) is 28.8 Å². The molecule has 138 valence electrons. The summed E-state index contributed by atoms with van der Waals surface area (Å²) in [4.78, 5) is 14.2. The Kier molecular flexibility index (Phi) is 4.69. The summed E-state index contributed by atoms with van der Waals surface area (Å²) < 4.78 is 7.90. The minimum absolute atomic E-state index is 0.00289. The van der Waals surface area contributed by atoms with Crippen LogP contribution in [-0.2, 0) is 16.1 Å². The molecule has 8 nitrogen and oxygen atoms in total. The van der Waals surface area contributed by atoms with Crippen LogP contribution in [0.2, 0.25) is 0 Å². The van der Waals surface area contributed by atoms with Crippen molar-refractivity contribution >= 4 is 5.91 Å². The first-order valence-electron chi connectivity index (χ1n) is 9.03. The van der Waals surface area contributed by atoms with E-state index in [0.29, 0.717) is 25.9 Å². The fraction of sp³-hybridized carbons (Fsp3) is 0.556. The Bertz CT molecular complexity index is 729. The van der Waals surface area contributed by atoms with Crippen molar-refractivity contribution in [3.63, 3.8) is 0 Å². The van der Waals surface area contributed by atoms with Crippen molar-refractivity contribution in [2.24, 2.45) is 0 Å². The lowest BCUT2D eigenvalue weighted by Crippen LogP contribution is -2.52. The Morgan fingerprint density at radius 2 is 2.04 bits per heavy atom. The van der Waals surface area contributed by atoms with Gasteiger partial charge >= 0.3 is 0 Å². The highest BCUT2D eigenvalue weighted by Crippen LogP contribution is 2.42. The summed E-state index contributed by atoms with van der Waals surface area (Å²) in [6.07, 6.45) is 3.68. The molecule has 1 spiro atoms. The predicted octanol–water partition coefficient (Wildman–Crippen LogP) is 0.947. The van der Waals surface area contributed by atoms with Gasteiger partial charge in [-0.1, -0.05) is 30.3 Å². The van der Waals surface area contributed by atoms with E-state index in [-0.39, 0.29) is 30.3 Å². The van der Waals surface area contributed by atoms with E-state index in [9.17, 15) is 9.90 Å². The zero-order valence-corrected chi connectivity index (χ0v) is 14.6. The fourth-order valence-corrected chi connectivity index (χ4v) is 4.01. The maximum atomic E-state index is 12.4. The Morgan fingerprint density at radius 3 is 2.73 bits per heavy atom. The molecule has 2 aliphatic heterocycles. The lowest BCUT2D eigenvalue weighted by Gasteiger charge is -2.48. The maximum absolute atomic E-state index is 12.4. The molecule has 26 heavy (non-hydrogen) atoms. The quantitative estimate of drug-likeness (QED) is 0.879. The number of hydrogen-bond donors (Lipinski definition) is 1. The van der Waals surface area contributed by atoms with Crippen LogP contribution in [0.4, 0.5) is 0 Å². The Balaban J connectivity index is 1.40. The minimum atomic E-state index is -0.377. The van der Waals surface area contributed by atoms with Crippen LogP contribution in [-0.4, -0.2) is 60.9 Å². The van der Waals surface area contributed by atoms with Gasteiger partial charge < -0.3 is 14.7 Å². The maximum Gasteiger partial charge on any atom is 0.244 e. The SMILES string of the molecule is O=C(Cn1cnnn1)N1CCC2(CC1)C[C@H](O)C[C@H](c1ccccc1)O2. The third-order valence-corrected chi connectivity index (χ3v) is 5.37. The number of carbonyl (C=O) groups is 1. The molecular formula is C18H23N5O3. The number of benzene rings is 1. The molecule has 2 atom stereocenters. The first kappa shape index (κ1) is 17.1. The molecule has 0 aliphatic carbocycles. The molecule has 0 unspecified atom stereocenters. The number of aliphatic hydroxyl groups is 1. The van der Waals surface area contributed by atoms with Crippen molar-refractivity contribution in [3.05, 3.63) is 42.2 Å². The summed E-state index contributed by atoms with van der Waals surface area (Å²) in [5.74, 6) is 0.00289. The average molecular weight is 357 g/mol. The smallest absolute Gasteiger partial charge is 0.244 e. The van der Waals surface area contributed by atoms with Crippen LogP contribution < -0.4 is 0 Å². The highest BCUT2D eigenvalue weighted by molar-refractivity contribution is 5.76. The van der Waals surface area contributed by atoms with Crippen LogP contribution in [0.5, 0.6) is 0 Å². The van der Waals surface area contributed by atoms with Gasteiger partial charge in [0.1, 0.15) is 12.9 Å². The van der Waals surface area contributed by atoms with Gasteiger partial charge in [-0.25, -0.2) is 4.68 Å². The number of carbonyl (C=O) groups excluding carboxylic acids is 1. The first-order chi connectivity index (χ1) is 12.6. The van der Waals surface area contributed by atoms with Gasteiger partial charge in [0.05, 0.1) is 17.8 Å². The number of rotatable bonds is 3. The lowest BCUT2D eigenvalue weighted by atomic mass is 9.81. The molecule has 1 amide bonds. The fourth-order valence-electron chi connectivity index (χ4n) is 4.01. The zero-order chi connectivity index (χ0) is 18.0. The van der Waals surface area contributed by atoms with Gasteiger partial charge in [0, 0.05) is 25.9 Å². The third kappa shape index (κ3) is 3.61. The highest BCUT2D eigenvalue weighted by Gasteiger charge is 2.44. The van der Waals surface area contributed by atoms with E-state index >= 15 is 0 Å². The highest BCUT2D eigenvalue weighted by atomic mass is 16.5. The number of hydrogen-bond acceptors (Lipinski definition) is 6. The summed E-state index contributed by atoms with van der Waals surface area (Å²) >= 11 is 0. The zero-order valence-electron chi connectivity index (χ0n) is 14.6. The van der Waals surface area contributed by atoms with E-state index in [2.05, 4.69) is 15.5 Å². The average Bonchev–Trinajstić information content (AvgIpc) is 3.15. The molecule has 0 bridgehead atoms. The second-order valence-electron chi connectivity index (χ2n) is 7.18. The van der Waals surface area contributed by atoms with Gasteiger partial charge in [-0.2, -0.15) is 0 Å². The molecule has 1 aromatic heterocycles. The number of ether oxygens (including phenoxy) is 1. The molecule has 2 aromatic rings. The van der Waals surface area contributed by atoms with E-state index in [0.717, 1.165) is 18.4 Å². The summed E-state index contributed by atoms with van der Waals surface area (Å²) in [6.45, 7) is 1.39. The van der Waals surface area contributed by atoms with E-state index in [1.165, 1.54) is 11.0 Å². The number of aliphatic hydroxyl groups excluding tert-OH is 1. The summed E-state index contributed by atoms with van der Waals surface area (Å²) in [6, 6.07) is 10.1. The standard InChI is InChI=1S/C18H23N5O3/c24-15-10-16(14-4-2-1-3-5-14)26-18(11-15)6-8-22(9-7-18)17(25)12-23-13-19-20-21-23/h1-5,13,15-16,24H,6-12H2/t15-,16-/m1/s1. The summed E-state index contributed by atoms with van der Waals surface area (Å²) in [7, 11) is 0. The second kappa shape index (κ2) is 7.13. The van der Waals surface area contributed by atoms with Gasteiger partial charge in [0.2, 0.25) is 5.91 Å². The van der Waals surface area contributed by atoms with Crippen LogP contribution in [0.3, 0.4) is 0 Å². The van der Waals surface area contributed by atoms with Gasteiger partial charge in [0.15, 0.2) is 0 Å². The number of likely N-dealkylation sites (tertiary alicyclic amines) is 1. The number of piperidine rings is 1. The summed E-state index contributed by atoms with van der Waals surface area (Å²) in [5.41, 5.74) is 0.742. The van der Waals surface area contributed by atoms with E-state index in [1.54, 1.807) is 0 Å². The van der Waals surface area contributed by atoms with Crippen LogP contribution in [0, 0.1) is 0 Å². The second-order valence-corrected chi connectivity index (χ2v) is 7.18. The van der Waals surface area contributed by atoms with Crippen molar-refractivity contribution in [1.29, 1.82) is 0 Å². The number of aromatic nitrogens is 4. The molecule has 2 saturated heterocycles. The molecule has 0 radical (unpaired) electrons. The van der Waals surface area contributed by atoms with Crippen LogP contribution in [0.1, 0.15) is 37.4 Å². The number of amides is 1. The lowest BCUT2D eigenvalue weighted by molar-refractivity contribution is -0.186. The molecule has 8 heteroatoms. The van der Waals surface area contributed by atoms with Crippen molar-refractivity contribution in [3.8, 4) is 0 Å².